The molecule has 2 aromatic carbocycles. The largest absolute Gasteiger partial charge is 2.00 e. The van der Waals surface area contributed by atoms with Crippen molar-refractivity contribution in [3.63, 3.8) is 0 Å². The number of nitrogens with zero attached hydrogens (tertiary/aromatic N) is 2. The minimum atomic E-state index is 0. The molecular weight excluding hydrogens is 566 g/mol. The van der Waals surface area contributed by atoms with Crippen LogP contribution in [0, 0.1) is 17.8 Å². The van der Waals surface area contributed by atoms with Crippen LogP contribution in [-0.4, -0.2) is 11.3 Å². The Morgan fingerprint density at radius 3 is 1.44 bits per heavy atom. The Labute approximate surface area is 274 Å². The first-order valence-electron chi connectivity index (χ1n) is 16.7. The second-order valence-corrected chi connectivity index (χ2v) is 15.0. The van der Waals surface area contributed by atoms with Gasteiger partial charge in [-0.2, -0.15) is 5.70 Å². The number of hydrogen-bond acceptors (Lipinski definition) is 1. The van der Waals surface area contributed by atoms with Gasteiger partial charge >= 0.3 is 17.1 Å². The molecular formula is C39H57FeN3. The van der Waals surface area contributed by atoms with Crippen molar-refractivity contribution in [1.82, 2.24) is 0 Å². The topological polar surface area (TPSA) is 50.3 Å². The van der Waals surface area contributed by atoms with Gasteiger partial charge in [0.2, 0.25) is 0 Å². The van der Waals surface area contributed by atoms with E-state index >= 15 is 0 Å². The molecule has 4 fully saturated rings. The van der Waals surface area contributed by atoms with Crippen molar-refractivity contribution in [1.29, 1.82) is 0 Å². The Morgan fingerprint density at radius 2 is 1.09 bits per heavy atom. The molecule has 0 radical (unpaired) electrons. The predicted molar refractivity (Wildman–Crippen MR) is 184 cm³/mol. The van der Waals surface area contributed by atoms with Crippen molar-refractivity contribution >= 4 is 17.1 Å². The van der Waals surface area contributed by atoms with E-state index in [-0.39, 0.29) is 22.6 Å². The number of para-hydroxylation sites is 2. The first-order valence-corrected chi connectivity index (χ1v) is 16.7. The van der Waals surface area contributed by atoms with Crippen molar-refractivity contribution in [3.8, 4) is 0 Å². The summed E-state index contributed by atoms with van der Waals surface area (Å²) in [5, 5.41) is 5.08. The quantitative estimate of drug-likeness (QED) is 0.208. The van der Waals surface area contributed by atoms with Gasteiger partial charge in [-0.3, -0.25) is 4.99 Å². The number of allylic oxidation sites excluding steroid dienone is 2. The molecule has 0 saturated heterocycles. The molecule has 4 saturated carbocycles. The molecule has 0 unspecified atom stereocenters. The third-order valence-corrected chi connectivity index (χ3v) is 9.72. The number of rotatable bonds is 8. The Hall–Kier alpha value is -1.87. The van der Waals surface area contributed by atoms with Gasteiger partial charge in [-0.1, -0.05) is 135 Å². The fourth-order valence-corrected chi connectivity index (χ4v) is 8.11. The summed E-state index contributed by atoms with van der Waals surface area (Å²) in [6, 6.07) is 13.1. The van der Waals surface area contributed by atoms with Gasteiger partial charge in [0.25, 0.3) is 0 Å². The van der Waals surface area contributed by atoms with Crippen LogP contribution in [0.15, 0.2) is 53.2 Å². The number of nitrogens with one attached hydrogen (secondary N) is 1. The van der Waals surface area contributed by atoms with Crippen molar-refractivity contribution < 1.29 is 17.1 Å². The Bertz CT molecular complexity index is 1200. The molecule has 4 bridgehead atoms. The zero-order valence-corrected chi connectivity index (χ0v) is 29.7. The monoisotopic (exact) mass is 623 g/mol. The summed E-state index contributed by atoms with van der Waals surface area (Å²) in [5.41, 5.74) is 17.7. The van der Waals surface area contributed by atoms with Crippen LogP contribution >= 0.6 is 0 Å². The van der Waals surface area contributed by atoms with E-state index in [1.807, 2.05) is 0 Å². The summed E-state index contributed by atoms with van der Waals surface area (Å²) < 4.78 is 0. The average Bonchev–Trinajstić information content (AvgIpc) is 2.87. The van der Waals surface area contributed by atoms with Crippen LogP contribution < -0.4 is 0 Å². The van der Waals surface area contributed by atoms with Crippen LogP contribution in [0.25, 0.3) is 11.1 Å². The summed E-state index contributed by atoms with van der Waals surface area (Å²) >= 11 is 0. The molecule has 2 aromatic rings. The number of benzene rings is 2. The van der Waals surface area contributed by atoms with E-state index in [2.05, 4.69) is 112 Å². The molecule has 43 heavy (non-hydrogen) atoms. The van der Waals surface area contributed by atoms with Gasteiger partial charge in [-0.15, -0.1) is 11.2 Å². The molecule has 4 aliphatic carbocycles. The van der Waals surface area contributed by atoms with Gasteiger partial charge in [-0.25, -0.2) is 0 Å². The Morgan fingerprint density at radius 1 is 0.721 bits per heavy atom. The molecule has 3 nitrogen and oxygen atoms in total. The summed E-state index contributed by atoms with van der Waals surface area (Å²) in [5.74, 6) is 4.62. The second kappa shape index (κ2) is 14.9. The summed E-state index contributed by atoms with van der Waals surface area (Å²) in [6.07, 6.45) is 10.2. The van der Waals surface area contributed by atoms with Gasteiger partial charge in [0.1, 0.15) is 0 Å². The van der Waals surface area contributed by atoms with Crippen molar-refractivity contribution in [3.05, 3.63) is 81.5 Å². The van der Waals surface area contributed by atoms with Crippen LogP contribution in [0.4, 0.5) is 11.4 Å². The Kier molecular flexibility index (Phi) is 12.4. The minimum Gasteiger partial charge on any atom is -0.672 e. The van der Waals surface area contributed by atoms with Gasteiger partial charge < -0.3 is 11.1 Å². The normalized spacial score (nSPS) is 24.9. The van der Waals surface area contributed by atoms with Crippen molar-refractivity contribution in [2.45, 2.75) is 137 Å². The standard InChI is InChI=1S/C29H41N2.C10H16N.Fe/c1-18(2)24-13-11-14-25(19(3)4)28(24)30-22(9)17-23(10)31-29-26(20(5)6)15-12-16-27(29)21(7)8;11-10-4-7-1-8(5-10)3-9(2-7)6-10;/h11-21H,1-10H3;7-9,11H,1-6H2;/q2*-1;+2/b22-17-,31-23?;;. The minimum absolute atomic E-state index is 0. The molecule has 0 amide bonds. The number of hydrogen-bond donors (Lipinski definition) is 0. The van der Waals surface area contributed by atoms with E-state index in [0.717, 1.165) is 40.5 Å². The first-order chi connectivity index (χ1) is 19.8. The van der Waals surface area contributed by atoms with Gasteiger partial charge in [0, 0.05) is 5.71 Å². The summed E-state index contributed by atoms with van der Waals surface area (Å²) in [6.45, 7) is 22.1. The third kappa shape index (κ3) is 8.86. The van der Waals surface area contributed by atoms with E-state index in [4.69, 9.17) is 16.0 Å². The molecule has 0 aromatic heterocycles. The fraction of sp³-hybridized carbons (Fsp3) is 0.615. The van der Waals surface area contributed by atoms with Crippen molar-refractivity contribution in [2.75, 3.05) is 0 Å². The van der Waals surface area contributed by atoms with E-state index in [0.29, 0.717) is 23.7 Å². The maximum Gasteiger partial charge on any atom is 2.00 e. The van der Waals surface area contributed by atoms with Crippen LogP contribution in [0.5, 0.6) is 0 Å². The fourth-order valence-electron chi connectivity index (χ4n) is 8.11. The SMILES string of the molecule is CC(/C=C(/C)[N-]c1c(C(C)C)cccc1C(C)C)=Nc1c(C(C)C)cccc1C(C)C.[Fe+2].[NH-]C12CC3CC(CC(C3)C1)C2. The second-order valence-electron chi connectivity index (χ2n) is 15.0. The summed E-state index contributed by atoms with van der Waals surface area (Å²) in [4.78, 5) is 5.08. The molecule has 0 aliphatic heterocycles. The van der Waals surface area contributed by atoms with E-state index in [1.54, 1.807) is 0 Å². The smallest absolute Gasteiger partial charge is 0.672 e. The van der Waals surface area contributed by atoms with Crippen LogP contribution in [0.3, 0.4) is 0 Å². The zero-order valence-electron chi connectivity index (χ0n) is 28.6. The molecule has 6 rings (SSSR count). The van der Waals surface area contributed by atoms with E-state index < -0.39 is 0 Å². The molecule has 236 valence electrons. The first kappa shape index (κ1) is 35.6. The molecule has 4 heteroatoms. The average molecular weight is 624 g/mol. The van der Waals surface area contributed by atoms with Crippen LogP contribution in [0.2, 0.25) is 0 Å². The maximum atomic E-state index is 8.21. The molecule has 0 atom stereocenters. The van der Waals surface area contributed by atoms with Crippen LogP contribution in [0.1, 0.15) is 154 Å². The third-order valence-electron chi connectivity index (χ3n) is 9.72. The van der Waals surface area contributed by atoms with E-state index in [1.165, 1.54) is 60.8 Å². The maximum absolute atomic E-state index is 8.21. The van der Waals surface area contributed by atoms with Gasteiger partial charge in [0.15, 0.2) is 0 Å². The zero-order chi connectivity index (χ0) is 30.8. The van der Waals surface area contributed by atoms with Gasteiger partial charge in [0.05, 0.1) is 5.69 Å². The Balaban J connectivity index is 0.000000346. The molecule has 0 spiro atoms. The predicted octanol–water partition coefficient (Wildman–Crippen LogP) is 12.9. The van der Waals surface area contributed by atoms with Crippen molar-refractivity contribution in [2.24, 2.45) is 22.7 Å². The molecule has 1 N–H and O–H groups in total. The van der Waals surface area contributed by atoms with E-state index in [9.17, 15) is 0 Å². The van der Waals surface area contributed by atoms with Gasteiger partial charge in [-0.05, 0) is 78.7 Å². The number of aliphatic imine (C=N–C) groups is 1. The summed E-state index contributed by atoms with van der Waals surface area (Å²) in [7, 11) is 0. The van der Waals surface area contributed by atoms with Crippen LogP contribution in [-0.2, 0) is 17.1 Å². The molecule has 0 heterocycles. The molecule has 4 aliphatic rings.